The lowest BCUT2D eigenvalue weighted by atomic mass is 9.93. The molecule has 5 nitrogen and oxygen atoms in total. The second-order valence-electron chi connectivity index (χ2n) is 4.72. The van der Waals surface area contributed by atoms with E-state index in [0.717, 1.165) is 18.7 Å². The van der Waals surface area contributed by atoms with Crippen molar-refractivity contribution in [2.24, 2.45) is 0 Å². The molecule has 19 heavy (non-hydrogen) atoms. The molecule has 0 unspecified atom stereocenters. The Morgan fingerprint density at radius 3 is 2.95 bits per heavy atom. The quantitative estimate of drug-likeness (QED) is 0.940. The summed E-state index contributed by atoms with van der Waals surface area (Å²) in [7, 11) is 0. The van der Waals surface area contributed by atoms with Gasteiger partial charge in [-0.2, -0.15) is 5.10 Å². The van der Waals surface area contributed by atoms with Crippen LogP contribution in [0, 0.1) is 6.92 Å². The van der Waals surface area contributed by atoms with Gasteiger partial charge in [0.1, 0.15) is 11.6 Å². The van der Waals surface area contributed by atoms with Crippen molar-refractivity contribution in [1.82, 2.24) is 9.78 Å². The first-order valence-corrected chi connectivity index (χ1v) is 7.05. The van der Waals surface area contributed by atoms with Crippen LogP contribution in [-0.4, -0.2) is 15.7 Å². The van der Waals surface area contributed by atoms with E-state index < -0.39 is 0 Å². The van der Waals surface area contributed by atoms with E-state index in [2.05, 4.69) is 26.3 Å². The maximum Gasteiger partial charge on any atom is 0.260 e. The number of nitrogens with zero attached hydrogens (tertiary/aromatic N) is 2. The van der Waals surface area contributed by atoms with Crippen LogP contribution in [0.2, 0.25) is 0 Å². The number of carbonyl (C=O) groups is 1. The first kappa shape index (κ1) is 12.5. The van der Waals surface area contributed by atoms with Crippen molar-refractivity contribution in [3.05, 3.63) is 34.3 Å². The first-order valence-electron chi connectivity index (χ1n) is 6.26. The highest BCUT2D eigenvalue weighted by Gasteiger charge is 2.23. The van der Waals surface area contributed by atoms with E-state index in [9.17, 15) is 4.79 Å². The number of nitrogens with one attached hydrogen (secondary N) is 1. The third-order valence-electron chi connectivity index (χ3n) is 3.46. The van der Waals surface area contributed by atoms with Gasteiger partial charge in [-0.25, -0.2) is 4.68 Å². The summed E-state index contributed by atoms with van der Waals surface area (Å²) >= 11 is 3.22. The summed E-state index contributed by atoms with van der Waals surface area (Å²) in [6.45, 7) is 1.77. The number of halogens is 1. The van der Waals surface area contributed by atoms with Crippen molar-refractivity contribution in [2.75, 3.05) is 5.32 Å². The highest BCUT2D eigenvalue weighted by atomic mass is 79.9. The van der Waals surface area contributed by atoms with Gasteiger partial charge in [-0.1, -0.05) is 0 Å². The molecule has 1 saturated carbocycles. The minimum Gasteiger partial charge on any atom is -0.454 e. The largest absolute Gasteiger partial charge is 0.454 e. The number of furan rings is 1. The van der Waals surface area contributed by atoms with Gasteiger partial charge in [0.2, 0.25) is 0 Å². The van der Waals surface area contributed by atoms with Gasteiger partial charge in [0, 0.05) is 12.1 Å². The van der Waals surface area contributed by atoms with E-state index in [0.29, 0.717) is 22.0 Å². The first-order chi connectivity index (χ1) is 9.15. The van der Waals surface area contributed by atoms with Crippen LogP contribution < -0.4 is 5.32 Å². The van der Waals surface area contributed by atoms with E-state index in [1.807, 2.05) is 10.7 Å². The summed E-state index contributed by atoms with van der Waals surface area (Å²) in [5, 5.41) is 7.17. The normalized spacial score (nSPS) is 15.3. The van der Waals surface area contributed by atoms with Crippen LogP contribution in [0.5, 0.6) is 0 Å². The lowest BCUT2D eigenvalue weighted by Gasteiger charge is -2.27. The Morgan fingerprint density at radius 1 is 1.58 bits per heavy atom. The molecule has 0 radical (unpaired) electrons. The van der Waals surface area contributed by atoms with Crippen LogP contribution in [0.15, 0.2) is 27.4 Å². The number of hydrogen-bond donors (Lipinski definition) is 1. The van der Waals surface area contributed by atoms with Crippen molar-refractivity contribution < 1.29 is 9.21 Å². The number of carbonyl (C=O) groups excluding carboxylic acids is 1. The summed E-state index contributed by atoms with van der Waals surface area (Å²) in [5.74, 6) is 1.17. The zero-order valence-corrected chi connectivity index (χ0v) is 12.1. The summed E-state index contributed by atoms with van der Waals surface area (Å²) in [4.78, 5) is 12.2. The molecule has 1 aliphatic rings. The van der Waals surface area contributed by atoms with Crippen LogP contribution in [0.3, 0.4) is 0 Å². The lowest BCUT2D eigenvalue weighted by Crippen LogP contribution is -2.22. The number of aryl methyl sites for hydroxylation is 1. The molecule has 1 aliphatic carbocycles. The molecule has 2 aromatic rings. The van der Waals surface area contributed by atoms with Crippen molar-refractivity contribution in [3.8, 4) is 0 Å². The highest BCUT2D eigenvalue weighted by Crippen LogP contribution is 2.33. The molecule has 2 aromatic heterocycles. The third kappa shape index (κ3) is 2.32. The van der Waals surface area contributed by atoms with Gasteiger partial charge in [0.25, 0.3) is 5.91 Å². The Labute approximate surface area is 119 Å². The second-order valence-corrected chi connectivity index (χ2v) is 5.50. The molecule has 1 amide bonds. The molecule has 6 heteroatoms. The Hall–Kier alpha value is -1.56. The summed E-state index contributed by atoms with van der Waals surface area (Å²) in [5.41, 5.74) is 0.535. The smallest absolute Gasteiger partial charge is 0.260 e. The molecule has 0 spiro atoms. The SMILES string of the molecule is Cc1oc(Br)cc1C(=O)Nc1ccnn1C1CCC1. The zero-order chi connectivity index (χ0) is 13.4. The minimum absolute atomic E-state index is 0.173. The van der Waals surface area contributed by atoms with E-state index in [-0.39, 0.29) is 5.91 Å². The van der Waals surface area contributed by atoms with E-state index in [1.54, 1.807) is 19.2 Å². The van der Waals surface area contributed by atoms with Gasteiger partial charge in [0.05, 0.1) is 17.8 Å². The van der Waals surface area contributed by atoms with E-state index in [1.165, 1.54) is 6.42 Å². The van der Waals surface area contributed by atoms with Gasteiger partial charge in [-0.15, -0.1) is 0 Å². The van der Waals surface area contributed by atoms with E-state index >= 15 is 0 Å². The Morgan fingerprint density at radius 2 is 2.37 bits per heavy atom. The van der Waals surface area contributed by atoms with Gasteiger partial charge in [0.15, 0.2) is 4.67 Å². The van der Waals surface area contributed by atoms with Crippen molar-refractivity contribution in [3.63, 3.8) is 0 Å². The predicted molar refractivity (Wildman–Crippen MR) is 74.2 cm³/mol. The fourth-order valence-electron chi connectivity index (χ4n) is 2.19. The second kappa shape index (κ2) is 4.85. The number of anilines is 1. The molecule has 0 saturated heterocycles. The summed E-state index contributed by atoms with van der Waals surface area (Å²) < 4.78 is 7.75. The Bertz CT molecular complexity index is 613. The lowest BCUT2D eigenvalue weighted by molar-refractivity contribution is 0.102. The molecule has 1 fully saturated rings. The summed E-state index contributed by atoms with van der Waals surface area (Å²) in [6.07, 6.45) is 5.19. The molecular formula is C13H14BrN3O2. The van der Waals surface area contributed by atoms with E-state index in [4.69, 9.17) is 4.42 Å². The maximum atomic E-state index is 12.2. The number of aromatic nitrogens is 2. The Kier molecular flexibility index (Phi) is 3.18. The molecular weight excluding hydrogens is 310 g/mol. The summed E-state index contributed by atoms with van der Waals surface area (Å²) in [6, 6.07) is 3.91. The molecule has 2 heterocycles. The fraction of sp³-hybridized carbons (Fsp3) is 0.385. The van der Waals surface area contributed by atoms with Gasteiger partial charge in [-0.05, 0) is 42.1 Å². The van der Waals surface area contributed by atoms with Gasteiger partial charge in [-0.3, -0.25) is 4.79 Å². The predicted octanol–water partition coefficient (Wildman–Crippen LogP) is 3.52. The third-order valence-corrected chi connectivity index (χ3v) is 3.86. The Balaban J connectivity index is 1.79. The highest BCUT2D eigenvalue weighted by molar-refractivity contribution is 9.10. The number of hydrogen-bond acceptors (Lipinski definition) is 3. The average Bonchev–Trinajstić information content (AvgIpc) is 2.84. The molecule has 0 aromatic carbocycles. The molecule has 0 atom stereocenters. The van der Waals surface area contributed by atoms with Crippen LogP contribution in [-0.2, 0) is 0 Å². The van der Waals surface area contributed by atoms with Gasteiger partial charge >= 0.3 is 0 Å². The molecule has 0 bridgehead atoms. The fourth-order valence-corrected chi connectivity index (χ4v) is 2.66. The number of amides is 1. The molecule has 0 aliphatic heterocycles. The van der Waals surface area contributed by atoms with Crippen molar-refractivity contribution >= 4 is 27.7 Å². The maximum absolute atomic E-state index is 12.2. The molecule has 3 rings (SSSR count). The van der Waals surface area contributed by atoms with Crippen molar-refractivity contribution in [2.45, 2.75) is 32.2 Å². The van der Waals surface area contributed by atoms with Crippen molar-refractivity contribution in [1.29, 1.82) is 0 Å². The van der Waals surface area contributed by atoms with Crippen LogP contribution in [0.4, 0.5) is 5.82 Å². The van der Waals surface area contributed by atoms with Crippen LogP contribution in [0.1, 0.15) is 41.4 Å². The van der Waals surface area contributed by atoms with Crippen LogP contribution in [0.25, 0.3) is 0 Å². The standard InChI is InChI=1S/C13H14BrN3O2/c1-8-10(7-11(14)19-8)13(18)16-12-5-6-15-17(12)9-3-2-4-9/h5-7,9H,2-4H2,1H3,(H,16,18). The molecule has 1 N–H and O–H groups in total. The minimum atomic E-state index is -0.173. The zero-order valence-electron chi connectivity index (χ0n) is 10.5. The topological polar surface area (TPSA) is 60.1 Å². The van der Waals surface area contributed by atoms with Crippen LogP contribution >= 0.6 is 15.9 Å². The molecule has 100 valence electrons. The monoisotopic (exact) mass is 323 g/mol. The average molecular weight is 324 g/mol. The number of rotatable bonds is 3. The van der Waals surface area contributed by atoms with Gasteiger partial charge < -0.3 is 9.73 Å².